The molecule has 1 amide bonds. The molecule has 0 saturated carbocycles. The summed E-state index contributed by atoms with van der Waals surface area (Å²) in [6.45, 7) is 2.14. The Balaban J connectivity index is 2.15. The monoisotopic (exact) mass is 268 g/mol. The number of Topliss-reactive ketones (excluding diaryl/α,β-unsaturated/α-hetero) is 1. The maximum absolute atomic E-state index is 13.4. The molecular weight excluding hydrogens is 254 g/mol. The predicted molar refractivity (Wildman–Crippen MR) is 64.8 cm³/mol. The number of hydrogen-bond donors (Lipinski definition) is 0. The van der Waals surface area contributed by atoms with Crippen molar-refractivity contribution >= 4 is 11.7 Å². The van der Waals surface area contributed by atoms with Crippen LogP contribution in [0.5, 0.6) is 0 Å². The number of carbonyl (C=O) groups is 2. The molecule has 1 fully saturated rings. The molecule has 4 nitrogen and oxygen atoms in total. The summed E-state index contributed by atoms with van der Waals surface area (Å²) in [5.74, 6) is -3.40. The van der Waals surface area contributed by atoms with Crippen molar-refractivity contribution in [3.63, 3.8) is 0 Å². The third-order valence-electron chi connectivity index (χ3n) is 3.16. The van der Waals surface area contributed by atoms with Crippen molar-refractivity contribution in [1.29, 1.82) is 0 Å². The molecule has 0 atom stereocenters. The summed E-state index contributed by atoms with van der Waals surface area (Å²) in [5.41, 5.74) is -0.510. The Morgan fingerprint density at radius 3 is 2.37 bits per heavy atom. The molecule has 1 aromatic carbocycles. The lowest BCUT2D eigenvalue weighted by Gasteiger charge is -2.31. The maximum atomic E-state index is 13.4. The molecule has 0 spiro atoms. The lowest BCUT2D eigenvalue weighted by atomic mass is 10.1. The molecule has 1 aliphatic heterocycles. The standard InChI is InChI=1S/C13H14F2N2O2/c1-16-4-6-17(7-5-16)13(19)12(18)10-8-9(14)2-3-11(10)15/h2-3,8H,4-7H2,1H3. The first-order valence-electron chi connectivity index (χ1n) is 5.96. The highest BCUT2D eigenvalue weighted by atomic mass is 19.1. The van der Waals surface area contributed by atoms with Crippen LogP contribution in [-0.2, 0) is 4.79 Å². The summed E-state index contributed by atoms with van der Waals surface area (Å²) in [5, 5.41) is 0. The zero-order chi connectivity index (χ0) is 14.0. The lowest BCUT2D eigenvalue weighted by Crippen LogP contribution is -2.49. The number of ketones is 1. The number of rotatable bonds is 2. The van der Waals surface area contributed by atoms with E-state index in [2.05, 4.69) is 0 Å². The van der Waals surface area contributed by atoms with E-state index in [4.69, 9.17) is 0 Å². The quantitative estimate of drug-likeness (QED) is 0.591. The second kappa shape index (κ2) is 5.44. The van der Waals surface area contributed by atoms with Crippen molar-refractivity contribution in [2.24, 2.45) is 0 Å². The van der Waals surface area contributed by atoms with Gasteiger partial charge in [0.15, 0.2) is 0 Å². The number of halogens is 2. The zero-order valence-corrected chi connectivity index (χ0v) is 10.5. The number of benzene rings is 1. The molecule has 102 valence electrons. The van der Waals surface area contributed by atoms with E-state index in [1.165, 1.54) is 4.90 Å². The van der Waals surface area contributed by atoms with Crippen LogP contribution in [-0.4, -0.2) is 54.7 Å². The van der Waals surface area contributed by atoms with Gasteiger partial charge in [-0.15, -0.1) is 0 Å². The first-order valence-corrected chi connectivity index (χ1v) is 5.96. The minimum atomic E-state index is -0.999. The summed E-state index contributed by atoms with van der Waals surface area (Å²) in [6, 6.07) is 2.51. The fourth-order valence-corrected chi connectivity index (χ4v) is 1.94. The molecule has 19 heavy (non-hydrogen) atoms. The van der Waals surface area contributed by atoms with Crippen LogP contribution in [0.3, 0.4) is 0 Å². The second-order valence-corrected chi connectivity index (χ2v) is 4.55. The molecule has 1 aromatic rings. The Kier molecular flexibility index (Phi) is 3.90. The number of carbonyl (C=O) groups excluding carboxylic acids is 2. The molecule has 0 bridgehead atoms. The normalized spacial score (nSPS) is 16.5. The number of piperazine rings is 1. The van der Waals surface area contributed by atoms with E-state index < -0.39 is 28.9 Å². The number of hydrogen-bond acceptors (Lipinski definition) is 3. The van der Waals surface area contributed by atoms with Crippen LogP contribution in [0.4, 0.5) is 8.78 Å². The van der Waals surface area contributed by atoms with E-state index in [9.17, 15) is 18.4 Å². The molecule has 1 saturated heterocycles. The van der Waals surface area contributed by atoms with Crippen molar-refractivity contribution in [2.75, 3.05) is 33.2 Å². The van der Waals surface area contributed by atoms with Crippen LogP contribution in [0.15, 0.2) is 18.2 Å². The van der Waals surface area contributed by atoms with E-state index in [0.717, 1.165) is 18.2 Å². The Morgan fingerprint density at radius 2 is 1.74 bits per heavy atom. The van der Waals surface area contributed by atoms with Gasteiger partial charge in [-0.3, -0.25) is 9.59 Å². The topological polar surface area (TPSA) is 40.6 Å². The van der Waals surface area contributed by atoms with E-state index in [1.54, 1.807) is 0 Å². The second-order valence-electron chi connectivity index (χ2n) is 4.55. The van der Waals surface area contributed by atoms with Crippen molar-refractivity contribution in [2.45, 2.75) is 0 Å². The summed E-state index contributed by atoms with van der Waals surface area (Å²) in [4.78, 5) is 27.2. The van der Waals surface area contributed by atoms with E-state index in [-0.39, 0.29) is 0 Å². The molecule has 0 aliphatic carbocycles. The maximum Gasteiger partial charge on any atom is 0.295 e. The van der Waals surface area contributed by atoms with E-state index in [1.807, 2.05) is 11.9 Å². The van der Waals surface area contributed by atoms with Crippen LogP contribution in [0.1, 0.15) is 10.4 Å². The predicted octanol–water partition coefficient (Wildman–Crippen LogP) is 0.921. The minimum absolute atomic E-state index is 0.415. The molecule has 6 heteroatoms. The Hall–Kier alpha value is -1.82. The summed E-state index contributed by atoms with van der Waals surface area (Å²) >= 11 is 0. The van der Waals surface area contributed by atoms with Gasteiger partial charge in [-0.2, -0.15) is 0 Å². The molecule has 0 N–H and O–H groups in total. The van der Waals surface area contributed by atoms with Crippen LogP contribution in [0.25, 0.3) is 0 Å². The van der Waals surface area contributed by atoms with Crippen LogP contribution < -0.4 is 0 Å². The number of amides is 1. The van der Waals surface area contributed by atoms with Crippen LogP contribution >= 0.6 is 0 Å². The molecular formula is C13H14F2N2O2. The van der Waals surface area contributed by atoms with Gasteiger partial charge in [0.05, 0.1) is 5.56 Å². The SMILES string of the molecule is CN1CCN(C(=O)C(=O)c2cc(F)ccc2F)CC1. The largest absolute Gasteiger partial charge is 0.333 e. The van der Waals surface area contributed by atoms with Gasteiger partial charge in [0.25, 0.3) is 11.7 Å². The molecule has 1 aliphatic rings. The number of likely N-dealkylation sites (N-methyl/N-ethyl adjacent to an activating group) is 1. The molecule has 0 aromatic heterocycles. The first kappa shape index (κ1) is 13.6. The molecule has 1 heterocycles. The minimum Gasteiger partial charge on any atom is -0.333 e. The molecule has 0 unspecified atom stereocenters. The average molecular weight is 268 g/mol. The summed E-state index contributed by atoms with van der Waals surface area (Å²) in [7, 11) is 1.91. The smallest absolute Gasteiger partial charge is 0.295 e. The van der Waals surface area contributed by atoms with Crippen LogP contribution in [0, 0.1) is 11.6 Å². The van der Waals surface area contributed by atoms with Gasteiger partial charge >= 0.3 is 0 Å². The van der Waals surface area contributed by atoms with Crippen LogP contribution in [0.2, 0.25) is 0 Å². The molecule has 0 radical (unpaired) electrons. The number of nitrogens with zero attached hydrogens (tertiary/aromatic N) is 2. The van der Waals surface area contributed by atoms with Gasteiger partial charge in [0.1, 0.15) is 11.6 Å². The van der Waals surface area contributed by atoms with Gasteiger partial charge in [-0.05, 0) is 25.2 Å². The fourth-order valence-electron chi connectivity index (χ4n) is 1.94. The van der Waals surface area contributed by atoms with Gasteiger partial charge in [-0.1, -0.05) is 0 Å². The van der Waals surface area contributed by atoms with E-state index in [0.29, 0.717) is 26.2 Å². The Bertz CT molecular complexity index is 511. The molecule has 2 rings (SSSR count). The lowest BCUT2D eigenvalue weighted by molar-refractivity contribution is -0.127. The fraction of sp³-hybridized carbons (Fsp3) is 0.385. The summed E-state index contributed by atoms with van der Waals surface area (Å²) in [6.07, 6.45) is 0. The van der Waals surface area contributed by atoms with Crippen molar-refractivity contribution in [3.8, 4) is 0 Å². The van der Waals surface area contributed by atoms with Gasteiger partial charge in [0.2, 0.25) is 0 Å². The van der Waals surface area contributed by atoms with Crippen molar-refractivity contribution in [3.05, 3.63) is 35.4 Å². The Morgan fingerprint density at radius 1 is 1.11 bits per heavy atom. The van der Waals surface area contributed by atoms with Crippen molar-refractivity contribution in [1.82, 2.24) is 9.80 Å². The van der Waals surface area contributed by atoms with Gasteiger partial charge < -0.3 is 9.80 Å². The van der Waals surface area contributed by atoms with Crippen molar-refractivity contribution < 1.29 is 18.4 Å². The van der Waals surface area contributed by atoms with E-state index >= 15 is 0 Å². The Labute approximate surface area is 109 Å². The third kappa shape index (κ3) is 2.96. The highest BCUT2D eigenvalue weighted by Gasteiger charge is 2.27. The first-order chi connectivity index (χ1) is 8.99. The van der Waals surface area contributed by atoms with Gasteiger partial charge in [0, 0.05) is 26.2 Å². The highest BCUT2D eigenvalue weighted by molar-refractivity contribution is 6.42. The van der Waals surface area contributed by atoms with Gasteiger partial charge in [-0.25, -0.2) is 8.78 Å². The highest BCUT2D eigenvalue weighted by Crippen LogP contribution is 2.12. The summed E-state index contributed by atoms with van der Waals surface area (Å²) < 4.78 is 26.5. The third-order valence-corrected chi connectivity index (χ3v) is 3.16. The zero-order valence-electron chi connectivity index (χ0n) is 10.5. The average Bonchev–Trinajstić information content (AvgIpc) is 2.41.